The van der Waals surface area contributed by atoms with E-state index in [0.29, 0.717) is 0 Å². The van der Waals surface area contributed by atoms with Gasteiger partial charge in [0.05, 0.1) is 5.69 Å². The van der Waals surface area contributed by atoms with Gasteiger partial charge in [0.15, 0.2) is 0 Å². The molecule has 0 fully saturated rings. The quantitative estimate of drug-likeness (QED) is 0.593. The van der Waals surface area contributed by atoms with Gasteiger partial charge in [0.2, 0.25) is 5.95 Å². The summed E-state index contributed by atoms with van der Waals surface area (Å²) in [5.41, 5.74) is 11.7. The van der Waals surface area contributed by atoms with Crippen molar-refractivity contribution in [3.63, 3.8) is 0 Å². The minimum absolute atomic E-state index is 0.264. The molecule has 0 aliphatic carbocycles. The molecule has 3 aromatic heterocycles. The first kappa shape index (κ1) is 13.5. The highest BCUT2D eigenvalue weighted by Crippen LogP contribution is 2.30. The topological polar surface area (TPSA) is 80.5 Å². The standard InChI is InChI=1S/C18H15N5/c1-11-3-2-4-12(7-11)13-8-14-15(10-22-17(14)21-9-13)16-5-6-20-18(19)23-16/h2-10H,1H3,(H,21,22)(H2,19,20,23). The summed E-state index contributed by atoms with van der Waals surface area (Å²) in [6.07, 6.45) is 5.44. The Morgan fingerprint density at radius 2 is 1.96 bits per heavy atom. The Morgan fingerprint density at radius 3 is 2.78 bits per heavy atom. The molecule has 23 heavy (non-hydrogen) atoms. The lowest BCUT2D eigenvalue weighted by Crippen LogP contribution is -1.94. The van der Waals surface area contributed by atoms with E-state index < -0.39 is 0 Å². The monoisotopic (exact) mass is 301 g/mol. The minimum Gasteiger partial charge on any atom is -0.368 e. The van der Waals surface area contributed by atoms with Crippen LogP contribution in [0.5, 0.6) is 0 Å². The Kier molecular flexibility index (Phi) is 3.05. The minimum atomic E-state index is 0.264. The number of aromatic amines is 1. The van der Waals surface area contributed by atoms with E-state index >= 15 is 0 Å². The highest BCUT2D eigenvalue weighted by Gasteiger charge is 2.10. The van der Waals surface area contributed by atoms with Gasteiger partial charge in [0, 0.05) is 35.1 Å². The van der Waals surface area contributed by atoms with Crippen LogP contribution in [0.15, 0.2) is 55.0 Å². The van der Waals surface area contributed by atoms with E-state index in [1.54, 1.807) is 6.20 Å². The van der Waals surface area contributed by atoms with Gasteiger partial charge < -0.3 is 10.7 Å². The highest BCUT2D eigenvalue weighted by molar-refractivity contribution is 5.95. The van der Waals surface area contributed by atoms with E-state index in [-0.39, 0.29) is 5.95 Å². The lowest BCUT2D eigenvalue weighted by atomic mass is 10.0. The van der Waals surface area contributed by atoms with Gasteiger partial charge >= 0.3 is 0 Å². The Hall–Kier alpha value is -3.21. The molecule has 4 aromatic rings. The molecule has 112 valence electrons. The number of benzene rings is 1. The molecule has 0 spiro atoms. The summed E-state index contributed by atoms with van der Waals surface area (Å²) in [7, 11) is 0. The van der Waals surface area contributed by atoms with E-state index in [0.717, 1.165) is 33.4 Å². The second-order valence-corrected chi connectivity index (χ2v) is 5.49. The maximum Gasteiger partial charge on any atom is 0.220 e. The summed E-state index contributed by atoms with van der Waals surface area (Å²) in [6, 6.07) is 12.3. The Bertz CT molecular complexity index is 1000. The summed E-state index contributed by atoms with van der Waals surface area (Å²) >= 11 is 0. The molecule has 3 heterocycles. The van der Waals surface area contributed by atoms with E-state index in [2.05, 4.69) is 57.2 Å². The third-order valence-corrected chi connectivity index (χ3v) is 3.83. The molecule has 3 N–H and O–H groups in total. The number of nitrogens with one attached hydrogen (secondary N) is 1. The van der Waals surface area contributed by atoms with Crippen molar-refractivity contribution in [2.24, 2.45) is 0 Å². The number of anilines is 1. The smallest absolute Gasteiger partial charge is 0.220 e. The Balaban J connectivity index is 1.90. The molecule has 1 aromatic carbocycles. The SMILES string of the molecule is Cc1cccc(-c2cnc3[nH]cc(-c4ccnc(N)n4)c3c2)c1. The summed E-state index contributed by atoms with van der Waals surface area (Å²) in [5.74, 6) is 0.264. The van der Waals surface area contributed by atoms with Crippen LogP contribution in [0.2, 0.25) is 0 Å². The van der Waals surface area contributed by atoms with Crippen molar-refractivity contribution < 1.29 is 0 Å². The number of nitrogen functional groups attached to an aromatic ring is 1. The second kappa shape index (κ2) is 5.21. The number of H-pyrrole nitrogens is 1. The number of hydrogen-bond acceptors (Lipinski definition) is 4. The molecular weight excluding hydrogens is 286 g/mol. The molecule has 0 aliphatic heterocycles. The molecule has 0 aliphatic rings. The van der Waals surface area contributed by atoms with Crippen molar-refractivity contribution in [1.29, 1.82) is 0 Å². The van der Waals surface area contributed by atoms with Crippen LogP contribution in [0.1, 0.15) is 5.56 Å². The van der Waals surface area contributed by atoms with Crippen LogP contribution < -0.4 is 5.73 Å². The van der Waals surface area contributed by atoms with Gasteiger partial charge in [0.25, 0.3) is 0 Å². The van der Waals surface area contributed by atoms with Gasteiger partial charge in [-0.3, -0.25) is 0 Å². The first-order valence-corrected chi connectivity index (χ1v) is 7.34. The zero-order chi connectivity index (χ0) is 15.8. The van der Waals surface area contributed by atoms with Gasteiger partial charge in [-0.2, -0.15) is 0 Å². The average molecular weight is 301 g/mol. The molecule has 5 nitrogen and oxygen atoms in total. The zero-order valence-electron chi connectivity index (χ0n) is 12.6. The van der Waals surface area contributed by atoms with Crippen molar-refractivity contribution >= 4 is 17.0 Å². The van der Waals surface area contributed by atoms with Crippen molar-refractivity contribution in [3.8, 4) is 22.4 Å². The predicted octanol–water partition coefficient (Wildman–Crippen LogP) is 3.58. The van der Waals surface area contributed by atoms with Crippen molar-refractivity contribution in [1.82, 2.24) is 19.9 Å². The largest absolute Gasteiger partial charge is 0.368 e. The maximum atomic E-state index is 5.70. The first-order chi connectivity index (χ1) is 11.2. The lowest BCUT2D eigenvalue weighted by Gasteiger charge is -2.04. The van der Waals surface area contributed by atoms with Gasteiger partial charge in [-0.15, -0.1) is 0 Å². The van der Waals surface area contributed by atoms with E-state index in [1.807, 2.05) is 18.5 Å². The fourth-order valence-electron chi connectivity index (χ4n) is 2.72. The number of nitrogens with zero attached hydrogens (tertiary/aromatic N) is 3. The van der Waals surface area contributed by atoms with E-state index in [4.69, 9.17) is 5.73 Å². The number of hydrogen-bond donors (Lipinski definition) is 2. The average Bonchev–Trinajstić information content (AvgIpc) is 2.98. The van der Waals surface area contributed by atoms with Crippen molar-refractivity contribution in [2.75, 3.05) is 5.73 Å². The molecule has 0 saturated carbocycles. The van der Waals surface area contributed by atoms with Crippen molar-refractivity contribution in [2.45, 2.75) is 6.92 Å². The number of fused-ring (bicyclic) bond motifs is 1. The number of nitrogens with two attached hydrogens (primary N) is 1. The van der Waals surface area contributed by atoms with Crippen LogP contribution in [0.4, 0.5) is 5.95 Å². The summed E-state index contributed by atoms with van der Waals surface area (Å²) in [4.78, 5) is 16.0. The number of pyridine rings is 1. The van der Waals surface area contributed by atoms with Crippen LogP contribution in [0, 0.1) is 6.92 Å². The highest BCUT2D eigenvalue weighted by atomic mass is 15.0. The van der Waals surface area contributed by atoms with E-state index in [9.17, 15) is 0 Å². The summed E-state index contributed by atoms with van der Waals surface area (Å²) in [6.45, 7) is 2.08. The molecule has 0 unspecified atom stereocenters. The summed E-state index contributed by atoms with van der Waals surface area (Å²) < 4.78 is 0. The normalized spacial score (nSPS) is 11.0. The Labute approximate surface area is 133 Å². The van der Waals surface area contributed by atoms with Gasteiger partial charge in [-0.05, 0) is 24.6 Å². The van der Waals surface area contributed by atoms with Gasteiger partial charge in [0.1, 0.15) is 5.65 Å². The van der Waals surface area contributed by atoms with Gasteiger partial charge in [-0.1, -0.05) is 29.8 Å². The number of aryl methyl sites for hydroxylation is 1. The lowest BCUT2D eigenvalue weighted by molar-refractivity contribution is 1.19. The zero-order valence-corrected chi connectivity index (χ0v) is 12.6. The first-order valence-electron chi connectivity index (χ1n) is 7.34. The van der Waals surface area contributed by atoms with Crippen LogP contribution in [-0.4, -0.2) is 19.9 Å². The van der Waals surface area contributed by atoms with Crippen molar-refractivity contribution in [3.05, 3.63) is 60.6 Å². The maximum absolute atomic E-state index is 5.70. The Morgan fingerprint density at radius 1 is 1.04 bits per heavy atom. The molecule has 5 heteroatoms. The molecule has 4 rings (SSSR count). The predicted molar refractivity (Wildman–Crippen MR) is 91.7 cm³/mol. The fraction of sp³-hybridized carbons (Fsp3) is 0.0556. The van der Waals surface area contributed by atoms with Crippen LogP contribution in [0.3, 0.4) is 0 Å². The van der Waals surface area contributed by atoms with E-state index in [1.165, 1.54) is 5.56 Å². The molecule has 0 bridgehead atoms. The van der Waals surface area contributed by atoms with Crippen LogP contribution in [-0.2, 0) is 0 Å². The van der Waals surface area contributed by atoms with Crippen LogP contribution >= 0.6 is 0 Å². The fourth-order valence-corrected chi connectivity index (χ4v) is 2.72. The molecular formula is C18H15N5. The number of rotatable bonds is 2. The molecule has 0 atom stereocenters. The molecule has 0 saturated heterocycles. The van der Waals surface area contributed by atoms with Crippen LogP contribution in [0.25, 0.3) is 33.4 Å². The molecule has 0 amide bonds. The second-order valence-electron chi connectivity index (χ2n) is 5.49. The van der Waals surface area contributed by atoms with Gasteiger partial charge in [-0.25, -0.2) is 15.0 Å². The number of aromatic nitrogens is 4. The third-order valence-electron chi connectivity index (χ3n) is 3.83. The summed E-state index contributed by atoms with van der Waals surface area (Å²) in [5, 5.41) is 1.02. The third kappa shape index (κ3) is 2.42. The molecule has 0 radical (unpaired) electrons.